The lowest BCUT2D eigenvalue weighted by Crippen LogP contribution is -2.45. The summed E-state index contributed by atoms with van der Waals surface area (Å²) in [7, 11) is 1.75. The van der Waals surface area contributed by atoms with E-state index in [2.05, 4.69) is 22.5 Å². The molecule has 1 saturated heterocycles. The Morgan fingerprint density at radius 2 is 2.29 bits per heavy atom. The summed E-state index contributed by atoms with van der Waals surface area (Å²) in [6.45, 7) is 4.41. The Morgan fingerprint density at radius 1 is 1.43 bits per heavy atom. The van der Waals surface area contributed by atoms with Gasteiger partial charge in [-0.15, -0.1) is 0 Å². The molecule has 1 aromatic rings. The lowest BCUT2D eigenvalue weighted by Gasteiger charge is -2.24. The van der Waals surface area contributed by atoms with Gasteiger partial charge in [-0.05, 0) is 43.9 Å². The zero-order chi connectivity index (χ0) is 15.1. The van der Waals surface area contributed by atoms with E-state index in [1.807, 2.05) is 6.07 Å². The highest BCUT2D eigenvalue weighted by molar-refractivity contribution is 5.79. The molecule has 0 aromatic heterocycles. The number of nitrogens with zero attached hydrogens (tertiary/aromatic N) is 1. The SMILES string of the molecule is CN=C(NCCc1cccc(F)c1)NCC1(C)CCCO1. The number of nitrogens with one attached hydrogen (secondary N) is 2. The van der Waals surface area contributed by atoms with Crippen LogP contribution in [0.15, 0.2) is 29.3 Å². The average molecular weight is 293 g/mol. The molecule has 2 N–H and O–H groups in total. The second kappa shape index (κ2) is 7.41. The van der Waals surface area contributed by atoms with Gasteiger partial charge in [0.2, 0.25) is 0 Å². The topological polar surface area (TPSA) is 45.7 Å². The normalized spacial score (nSPS) is 22.3. The maximum absolute atomic E-state index is 13.1. The molecule has 1 aliphatic heterocycles. The molecule has 2 rings (SSSR count). The molecular weight excluding hydrogens is 269 g/mol. The third-order valence-corrected chi connectivity index (χ3v) is 3.75. The van der Waals surface area contributed by atoms with Crippen LogP contribution < -0.4 is 10.6 Å². The summed E-state index contributed by atoms with van der Waals surface area (Å²) in [6, 6.07) is 6.68. The van der Waals surface area contributed by atoms with Crippen molar-refractivity contribution in [1.29, 1.82) is 0 Å². The molecule has 0 spiro atoms. The Balaban J connectivity index is 1.73. The summed E-state index contributed by atoms with van der Waals surface area (Å²) in [5.41, 5.74) is 0.879. The van der Waals surface area contributed by atoms with E-state index in [1.54, 1.807) is 19.2 Å². The molecule has 5 heteroatoms. The van der Waals surface area contributed by atoms with E-state index in [9.17, 15) is 4.39 Å². The van der Waals surface area contributed by atoms with Gasteiger partial charge in [-0.2, -0.15) is 0 Å². The third-order valence-electron chi connectivity index (χ3n) is 3.75. The molecule has 116 valence electrons. The van der Waals surface area contributed by atoms with Gasteiger partial charge >= 0.3 is 0 Å². The number of guanidine groups is 1. The van der Waals surface area contributed by atoms with E-state index in [0.717, 1.165) is 43.9 Å². The molecular formula is C16H24FN3O. The summed E-state index contributed by atoms with van der Waals surface area (Å²) in [6.07, 6.45) is 2.94. The molecule has 1 unspecified atom stereocenters. The standard InChI is InChI=1S/C16H24FN3O/c1-16(8-4-10-21-16)12-20-15(18-2)19-9-7-13-5-3-6-14(17)11-13/h3,5-6,11H,4,7-10,12H2,1-2H3,(H2,18,19,20). The molecule has 1 fully saturated rings. The Morgan fingerprint density at radius 3 is 2.95 bits per heavy atom. The van der Waals surface area contributed by atoms with Crippen molar-refractivity contribution in [3.8, 4) is 0 Å². The van der Waals surface area contributed by atoms with Crippen molar-refractivity contribution in [1.82, 2.24) is 10.6 Å². The third kappa shape index (κ3) is 5.01. The predicted octanol–water partition coefficient (Wildman–Crippen LogP) is 2.10. The minimum Gasteiger partial charge on any atom is -0.373 e. The Hall–Kier alpha value is -1.62. The molecule has 0 bridgehead atoms. The summed E-state index contributed by atoms with van der Waals surface area (Å²) < 4.78 is 18.8. The highest BCUT2D eigenvalue weighted by atomic mass is 19.1. The van der Waals surface area contributed by atoms with Crippen molar-refractivity contribution in [3.05, 3.63) is 35.6 Å². The van der Waals surface area contributed by atoms with Crippen LogP contribution in [0.2, 0.25) is 0 Å². The van der Waals surface area contributed by atoms with Crippen LogP contribution in [0.5, 0.6) is 0 Å². The first-order valence-corrected chi connectivity index (χ1v) is 7.44. The lowest BCUT2D eigenvalue weighted by molar-refractivity contribution is 0.0243. The molecule has 1 heterocycles. The van der Waals surface area contributed by atoms with E-state index in [0.29, 0.717) is 6.54 Å². The number of ether oxygens (including phenoxy) is 1. The summed E-state index contributed by atoms with van der Waals surface area (Å²) in [4.78, 5) is 4.19. The van der Waals surface area contributed by atoms with Gasteiger partial charge < -0.3 is 15.4 Å². The van der Waals surface area contributed by atoms with Crippen molar-refractivity contribution in [2.75, 3.05) is 26.7 Å². The first kappa shape index (κ1) is 15.8. The summed E-state index contributed by atoms with van der Waals surface area (Å²) in [5.74, 6) is 0.560. The van der Waals surface area contributed by atoms with Crippen LogP contribution >= 0.6 is 0 Å². The number of hydrogen-bond donors (Lipinski definition) is 2. The van der Waals surface area contributed by atoms with Crippen LogP contribution in [0, 0.1) is 5.82 Å². The lowest BCUT2D eigenvalue weighted by atomic mass is 10.0. The predicted molar refractivity (Wildman–Crippen MR) is 83.1 cm³/mol. The molecule has 4 nitrogen and oxygen atoms in total. The smallest absolute Gasteiger partial charge is 0.191 e. The first-order valence-electron chi connectivity index (χ1n) is 7.44. The van der Waals surface area contributed by atoms with Gasteiger partial charge in [0.15, 0.2) is 5.96 Å². The van der Waals surface area contributed by atoms with Crippen molar-refractivity contribution in [3.63, 3.8) is 0 Å². The number of hydrogen-bond acceptors (Lipinski definition) is 2. The minimum absolute atomic E-state index is 0.0970. The van der Waals surface area contributed by atoms with Crippen molar-refractivity contribution >= 4 is 5.96 Å². The molecule has 0 amide bonds. The zero-order valence-corrected chi connectivity index (χ0v) is 12.8. The van der Waals surface area contributed by atoms with Gasteiger partial charge in [0.05, 0.1) is 5.60 Å². The number of aliphatic imine (C=N–C) groups is 1. The highest BCUT2D eigenvalue weighted by Crippen LogP contribution is 2.23. The zero-order valence-electron chi connectivity index (χ0n) is 12.8. The van der Waals surface area contributed by atoms with E-state index >= 15 is 0 Å². The monoisotopic (exact) mass is 293 g/mol. The van der Waals surface area contributed by atoms with Gasteiger partial charge in [-0.25, -0.2) is 4.39 Å². The molecule has 0 radical (unpaired) electrons. The van der Waals surface area contributed by atoms with Crippen LogP contribution in [0.1, 0.15) is 25.3 Å². The fourth-order valence-electron chi connectivity index (χ4n) is 2.49. The maximum atomic E-state index is 13.1. The maximum Gasteiger partial charge on any atom is 0.191 e. The number of benzene rings is 1. The fourth-order valence-corrected chi connectivity index (χ4v) is 2.49. The van der Waals surface area contributed by atoms with Gasteiger partial charge in [0.1, 0.15) is 5.82 Å². The Kier molecular flexibility index (Phi) is 5.56. The van der Waals surface area contributed by atoms with E-state index in [4.69, 9.17) is 4.74 Å². The molecule has 0 aliphatic carbocycles. The largest absolute Gasteiger partial charge is 0.373 e. The second-order valence-corrected chi connectivity index (χ2v) is 5.63. The van der Waals surface area contributed by atoms with Gasteiger partial charge in [0.25, 0.3) is 0 Å². The van der Waals surface area contributed by atoms with E-state index < -0.39 is 0 Å². The van der Waals surface area contributed by atoms with Gasteiger partial charge in [0, 0.05) is 26.7 Å². The molecule has 1 atom stereocenters. The Bertz CT molecular complexity index is 484. The highest BCUT2D eigenvalue weighted by Gasteiger charge is 2.29. The van der Waals surface area contributed by atoms with Crippen LogP contribution in [-0.2, 0) is 11.2 Å². The fraction of sp³-hybridized carbons (Fsp3) is 0.562. The Labute approximate surface area is 125 Å². The van der Waals surface area contributed by atoms with Crippen LogP contribution in [0.3, 0.4) is 0 Å². The van der Waals surface area contributed by atoms with Crippen molar-refractivity contribution in [2.45, 2.75) is 31.8 Å². The average Bonchev–Trinajstić information content (AvgIpc) is 2.90. The summed E-state index contributed by atoms with van der Waals surface area (Å²) >= 11 is 0. The first-order chi connectivity index (χ1) is 10.1. The van der Waals surface area contributed by atoms with Crippen LogP contribution in [0.4, 0.5) is 4.39 Å². The quantitative estimate of drug-likeness (QED) is 0.645. The number of halogens is 1. The van der Waals surface area contributed by atoms with Gasteiger partial charge in [-0.3, -0.25) is 4.99 Å². The molecule has 21 heavy (non-hydrogen) atoms. The van der Waals surface area contributed by atoms with E-state index in [-0.39, 0.29) is 11.4 Å². The van der Waals surface area contributed by atoms with E-state index in [1.165, 1.54) is 6.07 Å². The van der Waals surface area contributed by atoms with Crippen molar-refractivity contribution < 1.29 is 9.13 Å². The second-order valence-electron chi connectivity index (χ2n) is 5.63. The summed E-state index contributed by atoms with van der Waals surface area (Å²) in [5, 5.41) is 6.53. The molecule has 1 aliphatic rings. The van der Waals surface area contributed by atoms with Crippen LogP contribution in [-0.4, -0.2) is 38.3 Å². The number of rotatable bonds is 5. The minimum atomic E-state index is -0.193. The van der Waals surface area contributed by atoms with Gasteiger partial charge in [-0.1, -0.05) is 12.1 Å². The molecule has 0 saturated carbocycles. The van der Waals surface area contributed by atoms with Crippen molar-refractivity contribution in [2.24, 2.45) is 4.99 Å². The molecule has 1 aromatic carbocycles. The van der Waals surface area contributed by atoms with Crippen LogP contribution in [0.25, 0.3) is 0 Å².